The zero-order valence-electron chi connectivity index (χ0n) is 14.9. The van der Waals surface area contributed by atoms with Gasteiger partial charge in [0.1, 0.15) is 12.4 Å². The molecule has 3 rings (SSSR count). The Balaban J connectivity index is 1.67. The van der Waals surface area contributed by atoms with E-state index < -0.39 is 6.10 Å². The first-order chi connectivity index (χ1) is 12.5. The number of halogens is 2. The van der Waals surface area contributed by atoms with Gasteiger partial charge in [0.25, 0.3) is 0 Å². The minimum Gasteiger partial charge on any atom is -0.489 e. The summed E-state index contributed by atoms with van der Waals surface area (Å²) in [6.07, 6.45) is -0.587. The van der Waals surface area contributed by atoms with Crippen molar-refractivity contribution in [2.45, 2.75) is 12.7 Å². The van der Waals surface area contributed by atoms with Crippen LogP contribution in [0.1, 0.15) is 17.2 Å². The van der Waals surface area contributed by atoms with E-state index >= 15 is 0 Å². The predicted octanol–water partition coefficient (Wildman–Crippen LogP) is 3.96. The smallest absolute Gasteiger partial charge is 0.125 e. The van der Waals surface area contributed by atoms with Crippen molar-refractivity contribution in [2.24, 2.45) is 0 Å². The molecule has 0 aromatic heterocycles. The van der Waals surface area contributed by atoms with Crippen LogP contribution in [0.25, 0.3) is 0 Å². The number of piperazine rings is 1. The highest BCUT2D eigenvalue weighted by Gasteiger charge is 2.20. The fourth-order valence-electron chi connectivity index (χ4n) is 3.03. The summed E-state index contributed by atoms with van der Waals surface area (Å²) in [5, 5.41) is 11.5. The van der Waals surface area contributed by atoms with E-state index in [1.54, 1.807) is 0 Å². The number of benzene rings is 2. The molecule has 4 nitrogen and oxygen atoms in total. The van der Waals surface area contributed by atoms with Gasteiger partial charge in [0.2, 0.25) is 0 Å². The number of hydrogen-bond donors (Lipinski definition) is 1. The molecule has 0 spiro atoms. The Morgan fingerprint density at radius 3 is 2.50 bits per heavy atom. The second-order valence-corrected chi connectivity index (χ2v) is 8.07. The fourth-order valence-corrected chi connectivity index (χ4v) is 3.53. The van der Waals surface area contributed by atoms with Gasteiger partial charge in [-0.25, -0.2) is 0 Å². The van der Waals surface area contributed by atoms with Gasteiger partial charge < -0.3 is 14.7 Å². The van der Waals surface area contributed by atoms with Crippen molar-refractivity contribution in [1.29, 1.82) is 0 Å². The van der Waals surface area contributed by atoms with Crippen LogP contribution in [0.4, 0.5) is 0 Å². The lowest BCUT2D eigenvalue weighted by atomic mass is 10.1. The average Bonchev–Trinajstić information content (AvgIpc) is 2.64. The lowest BCUT2D eigenvalue weighted by molar-refractivity contribution is 0.0784. The first-order valence-corrected chi connectivity index (χ1v) is 9.94. The molecule has 1 unspecified atom stereocenters. The molecule has 1 aliphatic heterocycles. The minimum absolute atomic E-state index is 0.438. The first kappa shape index (κ1) is 19.6. The number of rotatable bonds is 6. The summed E-state index contributed by atoms with van der Waals surface area (Å²) in [6, 6.07) is 13.4. The lowest BCUT2D eigenvalue weighted by Gasteiger charge is -2.33. The lowest BCUT2D eigenvalue weighted by Crippen LogP contribution is -2.45. The van der Waals surface area contributed by atoms with Gasteiger partial charge in [-0.15, -0.1) is 0 Å². The predicted molar refractivity (Wildman–Crippen MR) is 109 cm³/mol. The molecule has 2 aromatic rings. The normalized spacial score (nSPS) is 17.2. The molecule has 1 atom stereocenters. The standard InChI is InChI=1S/C20H24BrClN2O2/c1-23-8-10-24(11-9-23)13-19(25)18-12-16(21)4-7-20(18)26-14-15-2-5-17(22)6-3-15/h2-7,12,19,25H,8-11,13-14H2,1H3. The monoisotopic (exact) mass is 438 g/mol. The van der Waals surface area contributed by atoms with Gasteiger partial charge in [0.05, 0.1) is 6.10 Å². The molecule has 2 aromatic carbocycles. The van der Waals surface area contributed by atoms with E-state index in [1.165, 1.54) is 0 Å². The van der Waals surface area contributed by atoms with Crippen LogP contribution in [0.2, 0.25) is 5.02 Å². The molecule has 0 aliphatic carbocycles. The van der Waals surface area contributed by atoms with Crippen LogP contribution in [0.15, 0.2) is 46.9 Å². The van der Waals surface area contributed by atoms with Gasteiger partial charge in [-0.1, -0.05) is 39.7 Å². The van der Waals surface area contributed by atoms with Crippen molar-refractivity contribution >= 4 is 27.5 Å². The van der Waals surface area contributed by atoms with Crippen LogP contribution in [0.3, 0.4) is 0 Å². The van der Waals surface area contributed by atoms with E-state index in [4.69, 9.17) is 16.3 Å². The van der Waals surface area contributed by atoms with Gasteiger partial charge in [0, 0.05) is 47.8 Å². The van der Waals surface area contributed by atoms with E-state index in [0.29, 0.717) is 23.9 Å². The summed E-state index contributed by atoms with van der Waals surface area (Å²) in [5.74, 6) is 0.713. The fraction of sp³-hybridized carbons (Fsp3) is 0.400. The van der Waals surface area contributed by atoms with E-state index in [2.05, 4.69) is 32.8 Å². The third-order valence-electron chi connectivity index (χ3n) is 4.67. The van der Waals surface area contributed by atoms with Crippen molar-refractivity contribution < 1.29 is 9.84 Å². The third kappa shape index (κ3) is 5.44. The van der Waals surface area contributed by atoms with Crippen molar-refractivity contribution in [3.63, 3.8) is 0 Å². The Hall–Kier alpha value is -1.11. The van der Waals surface area contributed by atoms with Gasteiger partial charge >= 0.3 is 0 Å². The molecule has 1 fully saturated rings. The Morgan fingerprint density at radius 2 is 1.81 bits per heavy atom. The zero-order chi connectivity index (χ0) is 18.5. The van der Waals surface area contributed by atoms with Crippen LogP contribution in [-0.4, -0.2) is 54.7 Å². The second-order valence-electron chi connectivity index (χ2n) is 6.72. The van der Waals surface area contributed by atoms with Crippen LogP contribution < -0.4 is 4.74 Å². The van der Waals surface area contributed by atoms with Crippen LogP contribution in [0.5, 0.6) is 5.75 Å². The van der Waals surface area contributed by atoms with Gasteiger partial charge in [0.15, 0.2) is 0 Å². The Kier molecular flexibility index (Phi) is 6.95. The van der Waals surface area contributed by atoms with Crippen LogP contribution >= 0.6 is 27.5 Å². The second kappa shape index (κ2) is 9.20. The molecule has 1 heterocycles. The molecule has 0 saturated carbocycles. The molecule has 6 heteroatoms. The number of aliphatic hydroxyl groups is 1. The maximum Gasteiger partial charge on any atom is 0.125 e. The maximum absolute atomic E-state index is 10.8. The molecule has 1 aliphatic rings. The maximum atomic E-state index is 10.8. The Bertz CT molecular complexity index is 718. The van der Waals surface area contributed by atoms with Gasteiger partial charge in [-0.3, -0.25) is 4.90 Å². The third-order valence-corrected chi connectivity index (χ3v) is 5.41. The molecule has 0 radical (unpaired) electrons. The number of ether oxygens (including phenoxy) is 1. The number of likely N-dealkylation sites (N-methyl/N-ethyl adjacent to an activating group) is 1. The highest BCUT2D eigenvalue weighted by atomic mass is 79.9. The number of aliphatic hydroxyl groups excluding tert-OH is 1. The molecule has 140 valence electrons. The molecule has 0 bridgehead atoms. The topological polar surface area (TPSA) is 35.9 Å². The molecular formula is C20H24BrClN2O2. The molecule has 1 saturated heterocycles. The highest BCUT2D eigenvalue weighted by Crippen LogP contribution is 2.30. The quantitative estimate of drug-likeness (QED) is 0.739. The molecule has 0 amide bonds. The Morgan fingerprint density at radius 1 is 1.12 bits per heavy atom. The summed E-state index contributed by atoms with van der Waals surface area (Å²) in [4.78, 5) is 4.61. The number of β-amino-alcohol motifs (C(OH)–C–C–N with tert-alkyl or cyclic N) is 1. The van der Waals surface area contributed by atoms with Crippen molar-refractivity contribution in [2.75, 3.05) is 39.8 Å². The Labute approximate surface area is 168 Å². The highest BCUT2D eigenvalue weighted by molar-refractivity contribution is 9.10. The molecular weight excluding hydrogens is 416 g/mol. The van der Waals surface area contributed by atoms with E-state index in [-0.39, 0.29) is 0 Å². The van der Waals surface area contributed by atoms with E-state index in [1.807, 2.05) is 42.5 Å². The zero-order valence-corrected chi connectivity index (χ0v) is 17.2. The SMILES string of the molecule is CN1CCN(CC(O)c2cc(Br)ccc2OCc2ccc(Cl)cc2)CC1. The number of nitrogens with zero attached hydrogens (tertiary/aromatic N) is 2. The van der Waals surface area contributed by atoms with Crippen LogP contribution in [-0.2, 0) is 6.61 Å². The van der Waals surface area contributed by atoms with Gasteiger partial charge in [-0.2, -0.15) is 0 Å². The summed E-state index contributed by atoms with van der Waals surface area (Å²) in [5.41, 5.74) is 1.85. The van der Waals surface area contributed by atoms with Crippen LogP contribution in [0, 0.1) is 0 Å². The average molecular weight is 440 g/mol. The largest absolute Gasteiger partial charge is 0.489 e. The van der Waals surface area contributed by atoms with Crippen molar-refractivity contribution in [3.05, 3.63) is 63.1 Å². The van der Waals surface area contributed by atoms with Crippen molar-refractivity contribution in [1.82, 2.24) is 9.80 Å². The minimum atomic E-state index is -0.587. The molecule has 1 N–H and O–H groups in total. The number of hydrogen-bond acceptors (Lipinski definition) is 4. The van der Waals surface area contributed by atoms with Gasteiger partial charge in [-0.05, 0) is 42.9 Å². The summed E-state index contributed by atoms with van der Waals surface area (Å²) < 4.78 is 6.93. The first-order valence-electron chi connectivity index (χ1n) is 8.77. The van der Waals surface area contributed by atoms with E-state index in [0.717, 1.165) is 41.8 Å². The van der Waals surface area contributed by atoms with Crippen molar-refractivity contribution in [3.8, 4) is 5.75 Å². The van der Waals surface area contributed by atoms with E-state index in [9.17, 15) is 5.11 Å². The summed E-state index contributed by atoms with van der Waals surface area (Å²) >= 11 is 9.43. The molecule has 26 heavy (non-hydrogen) atoms. The summed E-state index contributed by atoms with van der Waals surface area (Å²) in [7, 11) is 2.13. The summed E-state index contributed by atoms with van der Waals surface area (Å²) in [6.45, 7) is 5.07.